The highest BCUT2D eigenvalue weighted by Crippen LogP contribution is 2.30. The highest BCUT2D eigenvalue weighted by atomic mass is 32.1. The third-order valence-corrected chi connectivity index (χ3v) is 3.88. The van der Waals surface area contributed by atoms with Crippen LogP contribution >= 0.6 is 11.3 Å². The number of hydrogen-bond donors (Lipinski definition) is 2. The summed E-state index contributed by atoms with van der Waals surface area (Å²) in [5.74, 6) is -2.47. The highest BCUT2D eigenvalue weighted by Gasteiger charge is 2.40. The van der Waals surface area contributed by atoms with Gasteiger partial charge in [-0.05, 0) is 23.6 Å². The van der Waals surface area contributed by atoms with Gasteiger partial charge in [-0.25, -0.2) is 0 Å². The van der Waals surface area contributed by atoms with Crippen LogP contribution in [0.4, 0.5) is 5.69 Å². The Bertz CT molecular complexity index is 674. The number of hydrogen-bond acceptors (Lipinski definition) is 5. The van der Waals surface area contributed by atoms with Gasteiger partial charge in [-0.1, -0.05) is 0 Å². The maximum Gasteiger partial charge on any atom is 0.245 e. The molecule has 1 aliphatic heterocycles. The minimum atomic E-state index is -1.34. The summed E-state index contributed by atoms with van der Waals surface area (Å²) in [6, 6.07) is 5.03. The average molecular weight is 290 g/mol. The monoisotopic (exact) mass is 290 g/mol. The van der Waals surface area contributed by atoms with Crippen molar-refractivity contribution in [3.8, 4) is 0 Å². The van der Waals surface area contributed by atoms with Crippen LogP contribution in [0.2, 0.25) is 0 Å². The zero-order valence-electron chi connectivity index (χ0n) is 10.2. The van der Waals surface area contributed by atoms with E-state index in [1.54, 1.807) is 23.6 Å². The van der Waals surface area contributed by atoms with Gasteiger partial charge in [-0.2, -0.15) is 0 Å². The number of Topliss-reactive ketones (excluding diaryl/α,β-unsaturated/α-hetero) is 1. The molecule has 102 valence electrons. The van der Waals surface area contributed by atoms with Crippen molar-refractivity contribution < 1.29 is 18.8 Å². The number of furan rings is 1. The predicted molar refractivity (Wildman–Crippen MR) is 71.3 cm³/mol. The first-order chi connectivity index (χ1) is 9.66. The van der Waals surface area contributed by atoms with Gasteiger partial charge in [-0.3, -0.25) is 14.4 Å². The first kappa shape index (κ1) is 12.6. The van der Waals surface area contributed by atoms with Gasteiger partial charge in [0.2, 0.25) is 11.8 Å². The summed E-state index contributed by atoms with van der Waals surface area (Å²) in [4.78, 5) is 36.4. The van der Waals surface area contributed by atoms with Crippen molar-refractivity contribution in [3.05, 3.63) is 40.5 Å². The number of nitrogens with one attached hydrogen (secondary N) is 2. The Morgan fingerprint density at radius 1 is 1.40 bits per heavy atom. The Balaban J connectivity index is 1.74. The van der Waals surface area contributed by atoms with Crippen LogP contribution in [0, 0.1) is 5.92 Å². The molecule has 1 aliphatic rings. The number of carbonyl (C=O) groups excluding carboxylic acids is 3. The number of rotatable bonds is 3. The second kappa shape index (κ2) is 4.93. The van der Waals surface area contributed by atoms with Crippen molar-refractivity contribution in [1.29, 1.82) is 0 Å². The van der Waals surface area contributed by atoms with E-state index in [-0.39, 0.29) is 6.54 Å². The van der Waals surface area contributed by atoms with Crippen LogP contribution < -0.4 is 10.6 Å². The molecule has 0 saturated heterocycles. The van der Waals surface area contributed by atoms with Crippen LogP contribution in [0.15, 0.2) is 34.3 Å². The zero-order chi connectivity index (χ0) is 14.1. The standard InChI is InChI=1S/C13H10N2O4S/c16-10-9(12(17)14-6-7-2-1-4-19-7)13(18)15-8-3-5-20-11(8)10/h1-5,9H,6H2,(H,14,17)(H,15,18)/t9-/m0/s1. The van der Waals surface area contributed by atoms with Crippen LogP contribution in [0.1, 0.15) is 15.4 Å². The van der Waals surface area contributed by atoms with Crippen LogP contribution in [-0.4, -0.2) is 17.6 Å². The van der Waals surface area contributed by atoms with Crippen LogP contribution in [-0.2, 0) is 16.1 Å². The lowest BCUT2D eigenvalue weighted by Crippen LogP contribution is -2.45. The van der Waals surface area contributed by atoms with Crippen LogP contribution in [0.5, 0.6) is 0 Å². The second-order valence-electron chi connectivity index (χ2n) is 4.25. The molecule has 3 rings (SSSR count). The molecule has 0 aromatic carbocycles. The molecule has 0 fully saturated rings. The summed E-state index contributed by atoms with van der Waals surface area (Å²) >= 11 is 1.21. The first-order valence-corrected chi connectivity index (χ1v) is 6.77. The molecule has 3 heterocycles. The Labute approximate surface area is 117 Å². The average Bonchev–Trinajstić information content (AvgIpc) is 3.06. The highest BCUT2D eigenvalue weighted by molar-refractivity contribution is 7.13. The van der Waals surface area contributed by atoms with E-state index in [1.165, 1.54) is 17.6 Å². The SMILES string of the molecule is O=C(NCc1ccco1)[C@H]1C(=O)Nc2ccsc2C1=O. The molecule has 0 bridgehead atoms. The minimum absolute atomic E-state index is 0.139. The molecule has 0 aliphatic carbocycles. The van der Waals surface area contributed by atoms with E-state index in [0.717, 1.165) is 0 Å². The molecule has 7 heteroatoms. The molecule has 20 heavy (non-hydrogen) atoms. The van der Waals surface area contributed by atoms with Crippen LogP contribution in [0.3, 0.4) is 0 Å². The molecule has 0 saturated carbocycles. The number of ketones is 1. The first-order valence-electron chi connectivity index (χ1n) is 5.89. The molecule has 2 amide bonds. The smallest absolute Gasteiger partial charge is 0.245 e. The van der Waals surface area contributed by atoms with Gasteiger partial charge in [0.25, 0.3) is 0 Å². The molecule has 1 atom stereocenters. The Morgan fingerprint density at radius 3 is 3.00 bits per heavy atom. The largest absolute Gasteiger partial charge is 0.467 e. The van der Waals surface area contributed by atoms with E-state index >= 15 is 0 Å². The number of carbonyl (C=O) groups is 3. The Kier molecular flexibility index (Phi) is 3.11. The fraction of sp³-hybridized carbons (Fsp3) is 0.154. The number of thiophene rings is 1. The van der Waals surface area contributed by atoms with Gasteiger partial charge in [0.1, 0.15) is 5.76 Å². The second-order valence-corrected chi connectivity index (χ2v) is 5.16. The van der Waals surface area contributed by atoms with Crippen molar-refractivity contribution in [1.82, 2.24) is 5.32 Å². The minimum Gasteiger partial charge on any atom is -0.467 e. The normalized spacial score (nSPS) is 17.5. The van der Waals surface area contributed by atoms with Crippen LogP contribution in [0.25, 0.3) is 0 Å². The lowest BCUT2D eigenvalue weighted by atomic mass is 9.96. The van der Waals surface area contributed by atoms with Gasteiger partial charge in [0, 0.05) is 0 Å². The van der Waals surface area contributed by atoms with E-state index < -0.39 is 23.5 Å². The zero-order valence-corrected chi connectivity index (χ0v) is 11.0. The summed E-state index contributed by atoms with van der Waals surface area (Å²) in [6.45, 7) is 0.139. The predicted octanol–water partition coefficient (Wildman–Crippen LogP) is 1.41. The lowest BCUT2D eigenvalue weighted by molar-refractivity contribution is -0.130. The molecular weight excluding hydrogens is 280 g/mol. The van der Waals surface area contributed by atoms with Crippen molar-refractivity contribution >= 4 is 34.6 Å². The maximum absolute atomic E-state index is 12.2. The molecule has 2 aromatic rings. The van der Waals surface area contributed by atoms with Gasteiger partial charge in [0.05, 0.1) is 23.4 Å². The third kappa shape index (κ3) is 2.12. The maximum atomic E-state index is 12.2. The number of anilines is 1. The molecule has 2 N–H and O–H groups in total. The fourth-order valence-corrected chi connectivity index (χ4v) is 2.80. The molecule has 0 spiro atoms. The van der Waals surface area contributed by atoms with Gasteiger partial charge < -0.3 is 15.1 Å². The van der Waals surface area contributed by atoms with E-state index in [4.69, 9.17) is 4.42 Å². The van der Waals surface area contributed by atoms with Crippen molar-refractivity contribution in [2.75, 3.05) is 5.32 Å². The summed E-state index contributed by atoms with van der Waals surface area (Å²) in [7, 11) is 0. The van der Waals surface area contributed by atoms with Crippen molar-refractivity contribution in [3.63, 3.8) is 0 Å². The fourth-order valence-electron chi connectivity index (χ4n) is 1.98. The number of amides is 2. The van der Waals surface area contributed by atoms with Gasteiger partial charge >= 0.3 is 0 Å². The molecule has 6 nitrogen and oxygen atoms in total. The van der Waals surface area contributed by atoms with E-state index in [0.29, 0.717) is 16.3 Å². The summed E-state index contributed by atoms with van der Waals surface area (Å²) in [5, 5.41) is 6.79. The summed E-state index contributed by atoms with van der Waals surface area (Å²) in [6.07, 6.45) is 1.48. The van der Waals surface area contributed by atoms with Gasteiger partial charge in [-0.15, -0.1) is 11.3 Å². The third-order valence-electron chi connectivity index (χ3n) is 2.95. The molecular formula is C13H10N2O4S. The summed E-state index contributed by atoms with van der Waals surface area (Å²) < 4.78 is 5.07. The Morgan fingerprint density at radius 2 is 2.25 bits per heavy atom. The van der Waals surface area contributed by atoms with E-state index in [1.807, 2.05) is 0 Å². The van der Waals surface area contributed by atoms with Crippen molar-refractivity contribution in [2.24, 2.45) is 5.92 Å². The molecule has 0 unspecified atom stereocenters. The van der Waals surface area contributed by atoms with E-state index in [9.17, 15) is 14.4 Å². The van der Waals surface area contributed by atoms with E-state index in [2.05, 4.69) is 10.6 Å². The lowest BCUT2D eigenvalue weighted by Gasteiger charge is -2.19. The quantitative estimate of drug-likeness (QED) is 0.836. The van der Waals surface area contributed by atoms with Crippen molar-refractivity contribution in [2.45, 2.75) is 6.54 Å². The topological polar surface area (TPSA) is 88.4 Å². The van der Waals surface area contributed by atoms with Gasteiger partial charge in [0.15, 0.2) is 11.7 Å². The summed E-state index contributed by atoms with van der Waals surface area (Å²) in [5.41, 5.74) is 0.472. The number of fused-ring (bicyclic) bond motifs is 1. The molecule has 0 radical (unpaired) electrons. The molecule has 2 aromatic heterocycles. The Hall–Kier alpha value is -2.41.